The SMILES string of the molecule is COC(=O)CC(C)CC[C@@]1(C)[C@H](C)CC[C@]2(C)[C@@H]1C[C@@H](O)[C@@H]1O[C@@]12C. The van der Waals surface area contributed by atoms with Gasteiger partial charge in [-0.05, 0) is 62.2 Å². The van der Waals surface area contributed by atoms with Gasteiger partial charge in [-0.2, -0.15) is 0 Å². The molecule has 3 fully saturated rings. The second kappa shape index (κ2) is 6.23. The van der Waals surface area contributed by atoms with Crippen molar-refractivity contribution >= 4 is 5.97 Å². The van der Waals surface area contributed by atoms with Crippen LogP contribution in [-0.4, -0.2) is 36.0 Å². The molecule has 3 rings (SSSR count). The number of methoxy groups -OCH3 is 1. The molecular formula is C21H36O4. The van der Waals surface area contributed by atoms with Crippen molar-refractivity contribution in [3.05, 3.63) is 0 Å². The zero-order chi connectivity index (χ0) is 18.6. The molecule has 1 aliphatic heterocycles. The summed E-state index contributed by atoms with van der Waals surface area (Å²) < 4.78 is 10.9. The van der Waals surface area contributed by atoms with E-state index in [2.05, 4.69) is 34.6 Å². The average molecular weight is 353 g/mol. The lowest BCUT2D eigenvalue weighted by molar-refractivity contribution is -0.142. The second-order valence-electron chi connectivity index (χ2n) is 9.79. The largest absolute Gasteiger partial charge is 0.469 e. The summed E-state index contributed by atoms with van der Waals surface area (Å²) in [4.78, 5) is 11.6. The number of ether oxygens (including phenoxy) is 2. The molecule has 0 aromatic heterocycles. The van der Waals surface area contributed by atoms with E-state index in [1.165, 1.54) is 20.0 Å². The minimum Gasteiger partial charge on any atom is -0.469 e. The Morgan fingerprint density at radius 2 is 2.04 bits per heavy atom. The number of hydrogen-bond donors (Lipinski definition) is 1. The smallest absolute Gasteiger partial charge is 0.305 e. The van der Waals surface area contributed by atoms with Gasteiger partial charge in [-0.3, -0.25) is 4.79 Å². The van der Waals surface area contributed by atoms with E-state index < -0.39 is 0 Å². The Morgan fingerprint density at radius 1 is 1.36 bits per heavy atom. The molecule has 1 saturated heterocycles. The molecule has 144 valence electrons. The number of aliphatic hydroxyl groups excluding tert-OH is 1. The Morgan fingerprint density at radius 3 is 2.68 bits per heavy atom. The molecule has 1 heterocycles. The van der Waals surface area contributed by atoms with Gasteiger partial charge >= 0.3 is 5.97 Å². The van der Waals surface area contributed by atoms with Gasteiger partial charge in [0.25, 0.3) is 0 Å². The number of esters is 1. The molecule has 4 heteroatoms. The van der Waals surface area contributed by atoms with E-state index in [1.807, 2.05) is 0 Å². The summed E-state index contributed by atoms with van der Waals surface area (Å²) in [6.45, 7) is 11.5. The molecular weight excluding hydrogens is 316 g/mol. The first-order valence-corrected chi connectivity index (χ1v) is 10.0. The summed E-state index contributed by atoms with van der Waals surface area (Å²) in [6, 6.07) is 0. The summed E-state index contributed by atoms with van der Waals surface area (Å²) in [5.41, 5.74) is 0.163. The molecule has 0 aromatic rings. The molecule has 0 bridgehead atoms. The molecule has 25 heavy (non-hydrogen) atoms. The van der Waals surface area contributed by atoms with Crippen LogP contribution in [0.5, 0.6) is 0 Å². The first-order valence-electron chi connectivity index (χ1n) is 10.0. The molecule has 4 nitrogen and oxygen atoms in total. The number of fused-ring (bicyclic) bond motifs is 3. The highest BCUT2D eigenvalue weighted by Crippen LogP contribution is 2.70. The Labute approximate surface area is 152 Å². The number of epoxide rings is 1. The van der Waals surface area contributed by atoms with Gasteiger partial charge < -0.3 is 14.6 Å². The summed E-state index contributed by atoms with van der Waals surface area (Å²) in [5, 5.41) is 10.6. The van der Waals surface area contributed by atoms with Crippen LogP contribution in [0, 0.1) is 28.6 Å². The fourth-order valence-corrected chi connectivity index (χ4v) is 6.16. The van der Waals surface area contributed by atoms with Crippen molar-refractivity contribution in [2.75, 3.05) is 7.11 Å². The zero-order valence-corrected chi connectivity index (χ0v) is 16.8. The molecule has 1 N–H and O–H groups in total. The second-order valence-corrected chi connectivity index (χ2v) is 9.79. The van der Waals surface area contributed by atoms with Crippen LogP contribution in [0.1, 0.15) is 73.1 Å². The van der Waals surface area contributed by atoms with E-state index >= 15 is 0 Å². The van der Waals surface area contributed by atoms with Gasteiger partial charge in [-0.15, -0.1) is 0 Å². The molecule has 0 spiro atoms. The number of carbonyl (C=O) groups is 1. The van der Waals surface area contributed by atoms with Crippen LogP contribution in [0.25, 0.3) is 0 Å². The van der Waals surface area contributed by atoms with Crippen molar-refractivity contribution < 1.29 is 19.4 Å². The number of aliphatic hydroxyl groups is 1. The van der Waals surface area contributed by atoms with Gasteiger partial charge in [-0.25, -0.2) is 0 Å². The number of hydrogen-bond acceptors (Lipinski definition) is 4. The van der Waals surface area contributed by atoms with E-state index in [0.29, 0.717) is 24.2 Å². The van der Waals surface area contributed by atoms with Crippen LogP contribution < -0.4 is 0 Å². The minimum absolute atomic E-state index is 0.0321. The molecule has 2 saturated carbocycles. The van der Waals surface area contributed by atoms with E-state index in [-0.39, 0.29) is 34.6 Å². The maximum Gasteiger partial charge on any atom is 0.305 e. The summed E-state index contributed by atoms with van der Waals surface area (Å²) in [5.74, 6) is 1.31. The van der Waals surface area contributed by atoms with Gasteiger partial charge in [0, 0.05) is 11.8 Å². The fourth-order valence-electron chi connectivity index (χ4n) is 6.16. The highest BCUT2D eigenvalue weighted by atomic mass is 16.6. The van der Waals surface area contributed by atoms with Crippen LogP contribution in [0.15, 0.2) is 0 Å². The normalized spacial score (nSPS) is 49.7. The maximum absolute atomic E-state index is 11.6. The molecule has 0 radical (unpaired) electrons. The third kappa shape index (κ3) is 2.84. The zero-order valence-electron chi connectivity index (χ0n) is 16.8. The first kappa shape index (κ1) is 19.2. The molecule has 0 aromatic carbocycles. The Bertz CT molecular complexity index is 534. The van der Waals surface area contributed by atoms with E-state index in [1.54, 1.807) is 0 Å². The van der Waals surface area contributed by atoms with Crippen molar-refractivity contribution in [3.63, 3.8) is 0 Å². The highest BCUT2D eigenvalue weighted by Gasteiger charge is 2.74. The lowest BCUT2D eigenvalue weighted by Crippen LogP contribution is -2.58. The van der Waals surface area contributed by atoms with Crippen molar-refractivity contribution in [2.24, 2.45) is 28.6 Å². The van der Waals surface area contributed by atoms with Crippen LogP contribution in [-0.2, 0) is 14.3 Å². The van der Waals surface area contributed by atoms with E-state index in [0.717, 1.165) is 19.3 Å². The fraction of sp³-hybridized carbons (Fsp3) is 0.952. The molecule has 2 aliphatic carbocycles. The minimum atomic E-state index is -0.333. The highest BCUT2D eigenvalue weighted by molar-refractivity contribution is 5.69. The van der Waals surface area contributed by atoms with Crippen LogP contribution in [0.3, 0.4) is 0 Å². The lowest BCUT2D eigenvalue weighted by atomic mass is 9.44. The van der Waals surface area contributed by atoms with Gasteiger partial charge in [0.2, 0.25) is 0 Å². The van der Waals surface area contributed by atoms with Gasteiger partial charge in [0.05, 0.1) is 13.2 Å². The van der Waals surface area contributed by atoms with E-state index in [4.69, 9.17) is 9.47 Å². The topological polar surface area (TPSA) is 59.1 Å². The van der Waals surface area contributed by atoms with Gasteiger partial charge in [0.1, 0.15) is 11.7 Å². The van der Waals surface area contributed by atoms with E-state index in [9.17, 15) is 9.90 Å². The molecule has 8 atom stereocenters. The Kier molecular flexibility index (Phi) is 4.77. The maximum atomic E-state index is 11.6. The van der Waals surface area contributed by atoms with Crippen LogP contribution in [0.4, 0.5) is 0 Å². The summed E-state index contributed by atoms with van der Waals surface area (Å²) in [7, 11) is 1.46. The van der Waals surface area contributed by atoms with Crippen molar-refractivity contribution in [1.29, 1.82) is 0 Å². The average Bonchev–Trinajstić information content (AvgIpc) is 3.27. The lowest BCUT2D eigenvalue weighted by Gasteiger charge is -2.59. The molecule has 1 unspecified atom stereocenters. The van der Waals surface area contributed by atoms with Crippen molar-refractivity contribution in [1.82, 2.24) is 0 Å². The van der Waals surface area contributed by atoms with Gasteiger partial charge in [-0.1, -0.05) is 27.7 Å². The third-order valence-electron chi connectivity index (χ3n) is 8.52. The number of rotatable bonds is 5. The Balaban J connectivity index is 1.77. The quantitative estimate of drug-likeness (QED) is 0.601. The monoisotopic (exact) mass is 352 g/mol. The number of carbonyl (C=O) groups excluding carboxylic acids is 1. The molecule has 3 aliphatic rings. The molecule has 0 amide bonds. The van der Waals surface area contributed by atoms with Gasteiger partial charge in [0.15, 0.2) is 0 Å². The summed E-state index contributed by atoms with van der Waals surface area (Å²) >= 11 is 0. The third-order valence-corrected chi connectivity index (χ3v) is 8.52. The Hall–Kier alpha value is -0.610. The standard InChI is InChI=1S/C21H36O4/c1-13(11-17(23)24-6)7-9-19(3)14(2)8-10-20(4)16(19)12-15(22)18-21(20,5)25-18/h13-16,18,22H,7-12H2,1-6H3/t13?,14-,15-,16-,18+,19+,20-,21+/m1/s1. The van der Waals surface area contributed by atoms with Crippen molar-refractivity contribution in [3.8, 4) is 0 Å². The first-order chi connectivity index (χ1) is 11.6. The van der Waals surface area contributed by atoms with Crippen LogP contribution in [0.2, 0.25) is 0 Å². The predicted molar refractivity (Wildman–Crippen MR) is 97.0 cm³/mol. The van der Waals surface area contributed by atoms with Crippen LogP contribution >= 0.6 is 0 Å². The van der Waals surface area contributed by atoms with Crippen molar-refractivity contribution in [2.45, 2.75) is 91.0 Å². The summed E-state index contributed by atoms with van der Waals surface area (Å²) in [6.07, 6.45) is 5.57. The predicted octanol–water partition coefficient (Wildman–Crippen LogP) is 3.95.